The number of aromatic nitrogens is 4. The van der Waals surface area contributed by atoms with Crippen LogP contribution < -0.4 is 5.32 Å². The van der Waals surface area contributed by atoms with Gasteiger partial charge in [-0.2, -0.15) is 4.31 Å². The van der Waals surface area contributed by atoms with Crippen molar-refractivity contribution in [3.8, 4) is 11.5 Å². The van der Waals surface area contributed by atoms with Crippen LogP contribution in [0.3, 0.4) is 0 Å². The second-order valence-electron chi connectivity index (χ2n) is 7.79. The highest BCUT2D eigenvalue weighted by molar-refractivity contribution is 7.89. The molecule has 0 saturated carbocycles. The highest BCUT2D eigenvalue weighted by atomic mass is 32.2. The minimum Gasteiger partial charge on any atom is -0.383 e. The van der Waals surface area contributed by atoms with Crippen molar-refractivity contribution in [1.29, 1.82) is 0 Å². The summed E-state index contributed by atoms with van der Waals surface area (Å²) >= 11 is 0. The number of hydrogen-bond acceptors (Lipinski definition) is 7. The van der Waals surface area contributed by atoms with Crippen molar-refractivity contribution in [2.75, 3.05) is 25.6 Å². The van der Waals surface area contributed by atoms with E-state index in [4.69, 9.17) is 4.74 Å². The first kappa shape index (κ1) is 23.0. The van der Waals surface area contributed by atoms with Crippen molar-refractivity contribution in [2.24, 2.45) is 0 Å². The number of ether oxygens (including phenoxy) is 1. The molecule has 0 bridgehead atoms. The number of fused-ring (bicyclic) bond motifs is 1. The fourth-order valence-corrected chi connectivity index (χ4v) is 5.18. The molecule has 3 aromatic rings. The quantitative estimate of drug-likeness (QED) is 0.559. The van der Waals surface area contributed by atoms with Crippen molar-refractivity contribution >= 4 is 21.7 Å². The number of anilines is 1. The summed E-state index contributed by atoms with van der Waals surface area (Å²) in [5, 5.41) is 10.5. The van der Waals surface area contributed by atoms with E-state index in [9.17, 15) is 17.6 Å². The molecule has 0 saturated heterocycles. The molecule has 1 aliphatic heterocycles. The van der Waals surface area contributed by atoms with E-state index < -0.39 is 21.7 Å². The van der Waals surface area contributed by atoms with Crippen molar-refractivity contribution in [1.82, 2.24) is 24.1 Å². The molecule has 10 nitrogen and oxygen atoms in total. The summed E-state index contributed by atoms with van der Waals surface area (Å²) in [5.41, 5.74) is 0.390. The second kappa shape index (κ2) is 8.96. The highest BCUT2D eigenvalue weighted by Crippen LogP contribution is 2.32. The summed E-state index contributed by atoms with van der Waals surface area (Å²) in [6.45, 7) is 4.31. The summed E-state index contributed by atoms with van der Waals surface area (Å²) in [4.78, 5) is 17.1. The fraction of sp³-hybridized carbons (Fsp3) is 0.333. The molecule has 33 heavy (non-hydrogen) atoms. The van der Waals surface area contributed by atoms with Crippen LogP contribution in [0.2, 0.25) is 0 Å². The Morgan fingerprint density at radius 2 is 2.09 bits per heavy atom. The molecule has 1 N–H and O–H groups in total. The largest absolute Gasteiger partial charge is 0.383 e. The molecule has 0 atom stereocenters. The minimum atomic E-state index is -3.84. The Bertz CT molecular complexity index is 1310. The van der Waals surface area contributed by atoms with Gasteiger partial charge in [0, 0.05) is 26.2 Å². The topological polar surface area (TPSA) is 119 Å². The first-order valence-corrected chi connectivity index (χ1v) is 11.7. The SMILES string of the molecule is COCCN1Cc2cc(F)c(C(=O)Nc3cccc(-c4nncn4C(C)C)n3)cc2S1(=O)=O. The van der Waals surface area contributed by atoms with Gasteiger partial charge >= 0.3 is 0 Å². The maximum absolute atomic E-state index is 14.7. The Morgan fingerprint density at radius 3 is 2.82 bits per heavy atom. The van der Waals surface area contributed by atoms with Gasteiger partial charge in [-0.25, -0.2) is 17.8 Å². The van der Waals surface area contributed by atoms with Gasteiger partial charge in [-0.1, -0.05) is 6.07 Å². The summed E-state index contributed by atoms with van der Waals surface area (Å²) in [6.07, 6.45) is 1.59. The van der Waals surface area contributed by atoms with Crippen LogP contribution in [0.4, 0.5) is 10.2 Å². The highest BCUT2D eigenvalue weighted by Gasteiger charge is 2.36. The maximum atomic E-state index is 14.7. The Kier molecular flexibility index (Phi) is 6.23. The predicted molar refractivity (Wildman–Crippen MR) is 117 cm³/mol. The molecule has 4 rings (SSSR count). The summed E-state index contributed by atoms with van der Waals surface area (Å²) < 4.78 is 48.3. The molecule has 2 aromatic heterocycles. The number of carbonyl (C=O) groups is 1. The van der Waals surface area contributed by atoms with Crippen LogP contribution in [-0.4, -0.2) is 58.6 Å². The minimum absolute atomic E-state index is 0.0278. The van der Waals surface area contributed by atoms with E-state index in [1.807, 2.05) is 18.4 Å². The third-order valence-electron chi connectivity index (χ3n) is 5.25. The number of halogens is 1. The van der Waals surface area contributed by atoms with E-state index in [1.165, 1.54) is 11.4 Å². The van der Waals surface area contributed by atoms with Crippen LogP contribution in [0, 0.1) is 5.82 Å². The molecule has 0 spiro atoms. The Morgan fingerprint density at radius 1 is 1.30 bits per heavy atom. The first-order valence-electron chi connectivity index (χ1n) is 10.2. The standard InChI is InChI=1S/C21H23FN6O4S/c1-13(2)28-12-23-26-20(28)17-5-4-6-19(24-17)25-21(29)15-10-18-14(9-16(15)22)11-27(7-8-32-3)33(18,30)31/h4-6,9-10,12-13H,7-8,11H2,1-3H3,(H,24,25,29). The van der Waals surface area contributed by atoms with Crippen molar-refractivity contribution in [3.63, 3.8) is 0 Å². The van der Waals surface area contributed by atoms with Crippen LogP contribution in [-0.2, 0) is 21.3 Å². The zero-order chi connectivity index (χ0) is 23.8. The number of methoxy groups -OCH3 is 1. The average molecular weight is 475 g/mol. The molecule has 0 radical (unpaired) electrons. The number of nitrogens with zero attached hydrogens (tertiary/aromatic N) is 5. The van der Waals surface area contributed by atoms with Gasteiger partial charge in [0.05, 0.1) is 17.1 Å². The summed E-state index contributed by atoms with van der Waals surface area (Å²) in [5.74, 6) is -0.936. The maximum Gasteiger partial charge on any atom is 0.259 e. The van der Waals surface area contributed by atoms with Crippen LogP contribution >= 0.6 is 0 Å². The van der Waals surface area contributed by atoms with Crippen LogP contribution in [0.15, 0.2) is 41.6 Å². The van der Waals surface area contributed by atoms with Gasteiger partial charge in [0.2, 0.25) is 10.0 Å². The number of pyridine rings is 1. The Labute approximate surface area is 190 Å². The van der Waals surface area contributed by atoms with E-state index in [-0.39, 0.29) is 42.0 Å². The first-order chi connectivity index (χ1) is 15.7. The second-order valence-corrected chi connectivity index (χ2v) is 9.70. The number of rotatable bonds is 7. The lowest BCUT2D eigenvalue weighted by molar-refractivity contribution is 0.102. The van der Waals surface area contributed by atoms with Crippen molar-refractivity contribution in [3.05, 3.63) is 53.6 Å². The smallest absolute Gasteiger partial charge is 0.259 e. The number of amides is 1. The summed E-state index contributed by atoms with van der Waals surface area (Å²) in [6, 6.07) is 7.20. The van der Waals surface area contributed by atoms with Crippen molar-refractivity contribution < 1.29 is 22.3 Å². The molecule has 12 heteroatoms. The molecular weight excluding hydrogens is 451 g/mol. The zero-order valence-electron chi connectivity index (χ0n) is 18.3. The zero-order valence-corrected chi connectivity index (χ0v) is 19.1. The van der Waals surface area contributed by atoms with Gasteiger partial charge < -0.3 is 14.6 Å². The number of benzene rings is 1. The van der Waals surface area contributed by atoms with E-state index in [0.717, 1.165) is 12.1 Å². The van der Waals surface area contributed by atoms with Gasteiger partial charge in [-0.3, -0.25) is 4.79 Å². The lowest BCUT2D eigenvalue weighted by Gasteiger charge is -2.13. The monoisotopic (exact) mass is 474 g/mol. The van der Waals surface area contributed by atoms with Crippen LogP contribution in [0.1, 0.15) is 35.8 Å². The van der Waals surface area contributed by atoms with Gasteiger partial charge in [0.15, 0.2) is 5.82 Å². The predicted octanol–water partition coefficient (Wildman–Crippen LogP) is 2.46. The molecule has 1 amide bonds. The Balaban J connectivity index is 1.60. The normalized spacial score (nSPS) is 15.1. The summed E-state index contributed by atoms with van der Waals surface area (Å²) in [7, 11) is -2.37. The molecule has 174 valence electrons. The Hall–Kier alpha value is -3.22. The number of nitrogens with one attached hydrogen (secondary N) is 1. The van der Waals surface area contributed by atoms with E-state index in [2.05, 4.69) is 20.5 Å². The van der Waals surface area contributed by atoms with Gasteiger partial charge in [-0.05, 0) is 43.7 Å². The third-order valence-corrected chi connectivity index (χ3v) is 7.18. The molecule has 0 unspecified atom stereocenters. The lowest BCUT2D eigenvalue weighted by atomic mass is 10.1. The lowest BCUT2D eigenvalue weighted by Crippen LogP contribution is -2.27. The van der Waals surface area contributed by atoms with Gasteiger partial charge in [0.1, 0.15) is 23.7 Å². The molecule has 0 fully saturated rings. The fourth-order valence-electron chi connectivity index (χ4n) is 3.56. The number of carbonyl (C=O) groups excluding carboxylic acids is 1. The molecule has 1 aromatic carbocycles. The molecular formula is C21H23FN6O4S. The van der Waals surface area contributed by atoms with E-state index >= 15 is 0 Å². The number of sulfonamides is 1. The van der Waals surface area contributed by atoms with Crippen LogP contribution in [0.5, 0.6) is 0 Å². The third kappa shape index (κ3) is 4.36. The molecule has 3 heterocycles. The van der Waals surface area contributed by atoms with Gasteiger partial charge in [0.25, 0.3) is 5.91 Å². The van der Waals surface area contributed by atoms with Gasteiger partial charge in [-0.15, -0.1) is 10.2 Å². The van der Waals surface area contributed by atoms with Crippen LogP contribution in [0.25, 0.3) is 11.5 Å². The van der Waals surface area contributed by atoms with E-state index in [1.54, 1.807) is 24.5 Å². The number of hydrogen-bond donors (Lipinski definition) is 1. The van der Waals surface area contributed by atoms with Crippen molar-refractivity contribution in [2.45, 2.75) is 31.3 Å². The van der Waals surface area contributed by atoms with E-state index in [0.29, 0.717) is 17.1 Å². The molecule has 0 aliphatic carbocycles. The average Bonchev–Trinajstić information content (AvgIpc) is 3.35. The molecule has 1 aliphatic rings.